The van der Waals surface area contributed by atoms with Gasteiger partial charge in [-0.3, -0.25) is 0 Å². The van der Waals surface area contributed by atoms with Gasteiger partial charge in [0.1, 0.15) is 23.0 Å². The molecule has 0 amide bonds. The van der Waals surface area contributed by atoms with Gasteiger partial charge in [0.15, 0.2) is 0 Å². The van der Waals surface area contributed by atoms with Crippen molar-refractivity contribution in [3.63, 3.8) is 0 Å². The third kappa shape index (κ3) is 7.79. The minimum Gasteiger partial charge on any atom is -0.486 e. The van der Waals surface area contributed by atoms with Crippen molar-refractivity contribution in [1.82, 2.24) is 0 Å². The fourth-order valence-electron chi connectivity index (χ4n) is 3.76. The minimum absolute atomic E-state index is 0.135. The molecule has 0 unspecified atom stereocenters. The van der Waals surface area contributed by atoms with Gasteiger partial charge in [0.05, 0.1) is 12.2 Å². The first-order valence-corrected chi connectivity index (χ1v) is 12.4. The standard InChI is InChI=1S/C29H42N2O2/c1-8-19-31(20-9-2)24-16-14-23(15-17-24)25-12-11-13-27(26(25)22-30)33-29(6,7)18-21-32-28(4,5)10-3/h11-17H,8-10,18-21H2,1-7H3. The van der Waals surface area contributed by atoms with Gasteiger partial charge in [-0.25, -0.2) is 0 Å². The van der Waals surface area contributed by atoms with Gasteiger partial charge < -0.3 is 14.4 Å². The number of nitriles is 1. The van der Waals surface area contributed by atoms with E-state index in [0.717, 1.165) is 49.9 Å². The summed E-state index contributed by atoms with van der Waals surface area (Å²) < 4.78 is 12.4. The van der Waals surface area contributed by atoms with Crippen LogP contribution in [-0.4, -0.2) is 30.9 Å². The van der Waals surface area contributed by atoms with Gasteiger partial charge in [0, 0.05) is 30.8 Å². The zero-order valence-corrected chi connectivity index (χ0v) is 21.7. The van der Waals surface area contributed by atoms with Crippen molar-refractivity contribution in [2.24, 2.45) is 0 Å². The van der Waals surface area contributed by atoms with Gasteiger partial charge in [-0.05, 0) is 70.7 Å². The van der Waals surface area contributed by atoms with E-state index >= 15 is 0 Å². The maximum absolute atomic E-state index is 9.99. The van der Waals surface area contributed by atoms with E-state index < -0.39 is 5.60 Å². The first-order chi connectivity index (χ1) is 15.7. The van der Waals surface area contributed by atoms with Crippen LogP contribution in [0.15, 0.2) is 42.5 Å². The molecule has 2 aromatic rings. The molecule has 0 N–H and O–H groups in total. The maximum Gasteiger partial charge on any atom is 0.138 e. The van der Waals surface area contributed by atoms with Gasteiger partial charge in [-0.15, -0.1) is 0 Å². The van der Waals surface area contributed by atoms with Crippen molar-refractivity contribution in [2.75, 3.05) is 24.6 Å². The van der Waals surface area contributed by atoms with Crippen LogP contribution in [0, 0.1) is 11.3 Å². The normalized spacial score (nSPS) is 11.8. The lowest BCUT2D eigenvalue weighted by molar-refractivity contribution is -0.0423. The van der Waals surface area contributed by atoms with Crippen molar-refractivity contribution in [2.45, 2.75) is 85.4 Å². The third-order valence-corrected chi connectivity index (χ3v) is 6.10. The molecule has 2 rings (SSSR count). The summed E-state index contributed by atoms with van der Waals surface area (Å²) in [7, 11) is 0. The van der Waals surface area contributed by atoms with Gasteiger partial charge in [0.2, 0.25) is 0 Å². The van der Waals surface area contributed by atoms with E-state index in [-0.39, 0.29) is 5.60 Å². The second-order valence-corrected chi connectivity index (χ2v) is 9.90. The molecule has 0 aliphatic heterocycles. The highest BCUT2D eigenvalue weighted by Crippen LogP contribution is 2.34. The van der Waals surface area contributed by atoms with E-state index in [2.05, 4.69) is 69.9 Å². The highest BCUT2D eigenvalue weighted by Gasteiger charge is 2.24. The monoisotopic (exact) mass is 450 g/mol. The van der Waals surface area contributed by atoms with E-state index in [1.807, 2.05) is 32.0 Å². The van der Waals surface area contributed by atoms with Gasteiger partial charge in [0.25, 0.3) is 0 Å². The SMILES string of the molecule is CCCN(CCC)c1ccc(-c2cccc(OC(C)(C)CCOC(C)(C)CC)c2C#N)cc1. The Morgan fingerprint density at radius 2 is 1.52 bits per heavy atom. The summed E-state index contributed by atoms with van der Waals surface area (Å²) in [6.07, 6.45) is 3.94. The molecule has 0 heterocycles. The molecular formula is C29H42N2O2. The Labute approximate surface area is 201 Å². The van der Waals surface area contributed by atoms with Crippen LogP contribution in [0.25, 0.3) is 11.1 Å². The Morgan fingerprint density at radius 3 is 2.06 bits per heavy atom. The topological polar surface area (TPSA) is 45.5 Å². The van der Waals surface area contributed by atoms with Crippen molar-refractivity contribution in [3.05, 3.63) is 48.0 Å². The van der Waals surface area contributed by atoms with Crippen LogP contribution in [0.5, 0.6) is 5.75 Å². The number of rotatable bonds is 13. The molecule has 4 nitrogen and oxygen atoms in total. The van der Waals surface area contributed by atoms with Crippen LogP contribution in [0.4, 0.5) is 5.69 Å². The third-order valence-electron chi connectivity index (χ3n) is 6.10. The average molecular weight is 451 g/mol. The summed E-state index contributed by atoms with van der Waals surface area (Å²) in [5.74, 6) is 0.623. The first-order valence-electron chi connectivity index (χ1n) is 12.4. The maximum atomic E-state index is 9.99. The number of hydrogen-bond acceptors (Lipinski definition) is 4. The molecule has 0 aliphatic rings. The Kier molecular flexibility index (Phi) is 9.80. The van der Waals surface area contributed by atoms with E-state index in [4.69, 9.17) is 9.47 Å². The first kappa shape index (κ1) is 26.7. The van der Waals surface area contributed by atoms with Crippen molar-refractivity contribution in [1.29, 1.82) is 5.26 Å². The van der Waals surface area contributed by atoms with Gasteiger partial charge in [-0.2, -0.15) is 5.26 Å². The highest BCUT2D eigenvalue weighted by atomic mass is 16.5. The summed E-state index contributed by atoms with van der Waals surface area (Å²) in [6.45, 7) is 17.6. The summed E-state index contributed by atoms with van der Waals surface area (Å²) in [5, 5.41) is 9.99. The molecule has 33 heavy (non-hydrogen) atoms. The molecule has 0 spiro atoms. The molecule has 0 saturated carbocycles. The van der Waals surface area contributed by atoms with Crippen LogP contribution in [0.2, 0.25) is 0 Å². The molecule has 0 atom stereocenters. The predicted molar refractivity (Wildman–Crippen MR) is 139 cm³/mol. The number of ether oxygens (including phenoxy) is 2. The van der Waals surface area contributed by atoms with E-state index in [1.165, 1.54) is 5.69 Å². The Bertz CT molecular complexity index is 904. The highest BCUT2D eigenvalue weighted by molar-refractivity contribution is 5.75. The molecule has 0 fully saturated rings. The second kappa shape index (κ2) is 12.1. The smallest absolute Gasteiger partial charge is 0.138 e. The quantitative estimate of drug-likeness (QED) is 0.315. The Hall–Kier alpha value is -2.51. The van der Waals surface area contributed by atoms with E-state index in [0.29, 0.717) is 17.9 Å². The number of anilines is 1. The number of benzene rings is 2. The number of hydrogen-bond donors (Lipinski definition) is 0. The average Bonchev–Trinajstić information content (AvgIpc) is 2.78. The van der Waals surface area contributed by atoms with Crippen LogP contribution < -0.4 is 9.64 Å². The second-order valence-electron chi connectivity index (χ2n) is 9.90. The van der Waals surface area contributed by atoms with Crippen LogP contribution in [0.3, 0.4) is 0 Å². The molecule has 0 aromatic heterocycles. The molecule has 0 radical (unpaired) electrons. The molecular weight excluding hydrogens is 408 g/mol. The minimum atomic E-state index is -0.446. The van der Waals surface area contributed by atoms with E-state index in [9.17, 15) is 5.26 Å². The van der Waals surface area contributed by atoms with Gasteiger partial charge >= 0.3 is 0 Å². The Balaban J connectivity index is 2.22. The fourth-order valence-corrected chi connectivity index (χ4v) is 3.76. The predicted octanol–water partition coefficient (Wildman–Crippen LogP) is 7.60. The van der Waals surface area contributed by atoms with Crippen LogP contribution >= 0.6 is 0 Å². The summed E-state index contributed by atoms with van der Waals surface area (Å²) in [6, 6.07) is 16.8. The van der Waals surface area contributed by atoms with Crippen LogP contribution in [0.1, 0.15) is 79.7 Å². The number of nitrogens with zero attached hydrogens (tertiary/aromatic N) is 2. The van der Waals surface area contributed by atoms with Crippen molar-refractivity contribution >= 4 is 5.69 Å². The van der Waals surface area contributed by atoms with Crippen LogP contribution in [-0.2, 0) is 4.74 Å². The molecule has 0 saturated heterocycles. The largest absolute Gasteiger partial charge is 0.486 e. The Morgan fingerprint density at radius 1 is 0.879 bits per heavy atom. The molecule has 0 bridgehead atoms. The lowest BCUT2D eigenvalue weighted by Crippen LogP contribution is -2.33. The van der Waals surface area contributed by atoms with Crippen molar-refractivity contribution in [3.8, 4) is 22.9 Å². The molecule has 0 aliphatic carbocycles. The zero-order chi connectivity index (χ0) is 24.5. The lowest BCUT2D eigenvalue weighted by Gasteiger charge is -2.30. The molecule has 4 heteroatoms. The fraction of sp³-hybridized carbons (Fsp3) is 0.552. The summed E-state index contributed by atoms with van der Waals surface area (Å²) in [5.41, 5.74) is 3.15. The zero-order valence-electron chi connectivity index (χ0n) is 21.7. The van der Waals surface area contributed by atoms with Gasteiger partial charge in [-0.1, -0.05) is 45.0 Å². The molecule has 2 aromatic carbocycles. The van der Waals surface area contributed by atoms with Crippen molar-refractivity contribution < 1.29 is 9.47 Å². The summed E-state index contributed by atoms with van der Waals surface area (Å²) in [4.78, 5) is 2.42. The van der Waals surface area contributed by atoms with E-state index in [1.54, 1.807) is 0 Å². The summed E-state index contributed by atoms with van der Waals surface area (Å²) >= 11 is 0. The lowest BCUT2D eigenvalue weighted by atomic mass is 9.98. The molecule has 180 valence electrons.